The summed E-state index contributed by atoms with van der Waals surface area (Å²) < 4.78 is 37.8. The number of amides is 1. The Hall–Kier alpha value is -2.13. The molecule has 190 valence electrons. The highest BCUT2D eigenvalue weighted by Gasteiger charge is 2.47. The Labute approximate surface area is 199 Å². The number of piperidine rings is 1. The number of alkyl halides is 3. The second-order valence-electron chi connectivity index (χ2n) is 9.91. The number of carboxylic acids is 1. The molecule has 1 aromatic rings. The van der Waals surface area contributed by atoms with Gasteiger partial charge in [0.2, 0.25) is 5.91 Å². The van der Waals surface area contributed by atoms with Gasteiger partial charge >= 0.3 is 12.1 Å². The summed E-state index contributed by atoms with van der Waals surface area (Å²) in [5, 5.41) is 7.12. The number of aliphatic carboxylic acids is 1. The van der Waals surface area contributed by atoms with Gasteiger partial charge in [-0.25, -0.2) is 4.79 Å². The summed E-state index contributed by atoms with van der Waals surface area (Å²) >= 11 is 0. The first-order valence-electron chi connectivity index (χ1n) is 12.0. The molecule has 2 saturated heterocycles. The fourth-order valence-electron chi connectivity index (χ4n) is 5.01. The Kier molecular flexibility index (Phi) is 8.98. The summed E-state index contributed by atoms with van der Waals surface area (Å²) in [5.41, 5.74) is 1.61. The highest BCUT2D eigenvalue weighted by Crippen LogP contribution is 2.44. The lowest BCUT2D eigenvalue weighted by atomic mass is 9.71. The molecule has 1 spiro atoms. The van der Waals surface area contributed by atoms with Gasteiger partial charge in [0.25, 0.3) is 0 Å². The second-order valence-corrected chi connectivity index (χ2v) is 9.91. The van der Waals surface area contributed by atoms with Crippen molar-refractivity contribution in [3.63, 3.8) is 0 Å². The molecule has 1 saturated carbocycles. The Bertz CT molecular complexity index is 806. The molecule has 2 heterocycles. The number of rotatable bonds is 7. The van der Waals surface area contributed by atoms with E-state index in [0.717, 1.165) is 64.6 Å². The van der Waals surface area contributed by atoms with E-state index in [-0.39, 0.29) is 0 Å². The first kappa shape index (κ1) is 26.5. The number of hydrogen-bond acceptors (Lipinski definition) is 4. The third-order valence-corrected chi connectivity index (χ3v) is 7.18. The molecule has 0 bridgehead atoms. The molecule has 1 aliphatic carbocycles. The quantitative estimate of drug-likeness (QED) is 0.637. The number of carbonyl (C=O) groups is 2. The topological polar surface area (TPSA) is 70.1 Å². The van der Waals surface area contributed by atoms with Gasteiger partial charge in [-0.15, -0.1) is 0 Å². The van der Waals surface area contributed by atoms with Crippen LogP contribution < -0.4 is 0 Å². The molecule has 0 aromatic heterocycles. The van der Waals surface area contributed by atoms with E-state index in [1.54, 1.807) is 0 Å². The average Bonchev–Trinajstić information content (AvgIpc) is 3.57. The summed E-state index contributed by atoms with van der Waals surface area (Å²) in [6, 6.07) is 10.3. The van der Waals surface area contributed by atoms with E-state index in [1.807, 2.05) is 18.2 Å². The highest BCUT2D eigenvalue weighted by atomic mass is 19.4. The van der Waals surface area contributed by atoms with Gasteiger partial charge in [0.15, 0.2) is 0 Å². The van der Waals surface area contributed by atoms with Crippen LogP contribution in [0.5, 0.6) is 0 Å². The lowest BCUT2D eigenvalue weighted by Gasteiger charge is -2.42. The maximum atomic E-state index is 12.7. The smallest absolute Gasteiger partial charge is 0.475 e. The predicted molar refractivity (Wildman–Crippen MR) is 121 cm³/mol. The minimum Gasteiger partial charge on any atom is -0.475 e. The van der Waals surface area contributed by atoms with E-state index in [9.17, 15) is 18.0 Å². The lowest BCUT2D eigenvalue weighted by molar-refractivity contribution is -0.192. The van der Waals surface area contributed by atoms with Gasteiger partial charge in [-0.3, -0.25) is 4.79 Å². The molecule has 1 N–H and O–H groups in total. The minimum absolute atomic E-state index is 0.321. The maximum Gasteiger partial charge on any atom is 0.490 e. The fraction of sp³-hybridized carbons (Fsp3) is 0.680. The minimum atomic E-state index is -5.08. The van der Waals surface area contributed by atoms with Crippen LogP contribution in [0.25, 0.3) is 0 Å². The molecule has 1 aromatic carbocycles. The van der Waals surface area contributed by atoms with Crippen molar-refractivity contribution in [1.29, 1.82) is 0 Å². The monoisotopic (exact) mass is 484 g/mol. The zero-order valence-electron chi connectivity index (χ0n) is 19.7. The molecule has 1 atom stereocenters. The molecular weight excluding hydrogens is 449 g/mol. The van der Waals surface area contributed by atoms with Gasteiger partial charge in [0.1, 0.15) is 0 Å². The van der Waals surface area contributed by atoms with Crippen molar-refractivity contribution in [2.45, 2.75) is 44.7 Å². The normalized spacial score (nSPS) is 22.4. The van der Waals surface area contributed by atoms with Crippen molar-refractivity contribution in [3.8, 4) is 0 Å². The van der Waals surface area contributed by atoms with Crippen LogP contribution >= 0.6 is 0 Å². The van der Waals surface area contributed by atoms with Gasteiger partial charge in [-0.05, 0) is 56.0 Å². The number of hydrogen-bond donors (Lipinski definition) is 1. The zero-order chi connectivity index (χ0) is 24.8. The highest BCUT2D eigenvalue weighted by molar-refractivity contribution is 5.76. The van der Waals surface area contributed by atoms with Gasteiger partial charge in [0.05, 0.1) is 6.61 Å². The number of likely N-dealkylation sites (tertiary alicyclic amines) is 2. The Morgan fingerprint density at radius 3 is 2.29 bits per heavy atom. The van der Waals surface area contributed by atoms with Crippen molar-refractivity contribution >= 4 is 11.9 Å². The van der Waals surface area contributed by atoms with Crippen LogP contribution in [0.3, 0.4) is 0 Å². The van der Waals surface area contributed by atoms with E-state index >= 15 is 0 Å². The molecule has 2 aliphatic heterocycles. The van der Waals surface area contributed by atoms with Crippen LogP contribution in [0.4, 0.5) is 13.2 Å². The zero-order valence-corrected chi connectivity index (χ0v) is 19.7. The van der Waals surface area contributed by atoms with Crippen LogP contribution in [0.1, 0.15) is 37.7 Å². The molecule has 1 unspecified atom stereocenters. The molecule has 4 rings (SSSR count). The number of carboxylic acid groups (broad SMARTS) is 1. The van der Waals surface area contributed by atoms with E-state index in [0.29, 0.717) is 23.7 Å². The molecule has 34 heavy (non-hydrogen) atoms. The molecule has 3 aliphatic rings. The molecule has 9 heteroatoms. The Balaban J connectivity index is 0.000000406. The van der Waals surface area contributed by atoms with Gasteiger partial charge in [0, 0.05) is 45.1 Å². The summed E-state index contributed by atoms with van der Waals surface area (Å²) in [7, 11) is 2.24. The van der Waals surface area contributed by atoms with Crippen molar-refractivity contribution < 1.29 is 32.6 Å². The number of aryl methyl sites for hydroxylation is 1. The first-order valence-corrected chi connectivity index (χ1v) is 12.0. The number of benzene rings is 1. The van der Waals surface area contributed by atoms with Crippen molar-refractivity contribution in [2.75, 3.05) is 46.4 Å². The fourth-order valence-corrected chi connectivity index (χ4v) is 5.01. The number of halogens is 3. The maximum absolute atomic E-state index is 12.7. The van der Waals surface area contributed by atoms with Crippen LogP contribution in [0.15, 0.2) is 30.3 Å². The molecule has 6 nitrogen and oxygen atoms in total. The van der Waals surface area contributed by atoms with Crippen molar-refractivity contribution in [1.82, 2.24) is 9.80 Å². The van der Waals surface area contributed by atoms with Crippen molar-refractivity contribution in [3.05, 3.63) is 35.9 Å². The van der Waals surface area contributed by atoms with Crippen molar-refractivity contribution in [2.24, 2.45) is 17.3 Å². The molecule has 3 fully saturated rings. The van der Waals surface area contributed by atoms with E-state index < -0.39 is 12.1 Å². The van der Waals surface area contributed by atoms with Gasteiger partial charge in [-0.2, -0.15) is 13.2 Å². The van der Waals surface area contributed by atoms with Crippen LogP contribution in [-0.2, 0) is 20.7 Å². The third kappa shape index (κ3) is 7.70. The summed E-state index contributed by atoms with van der Waals surface area (Å²) in [6.45, 7) is 6.01. The third-order valence-electron chi connectivity index (χ3n) is 7.18. The Morgan fingerprint density at radius 1 is 1.12 bits per heavy atom. The average molecular weight is 485 g/mol. The number of nitrogens with zero attached hydrogens (tertiary/aromatic N) is 2. The standard InChI is InChI=1S/C23H34N2O2.C2HF3O2/c1-24-15-21(17-27-16-20-7-8-20)23(18-24)11-13-25(14-12-23)22(26)10-9-19-5-3-2-4-6-19;3-2(4,5)1(6)7/h2-6,20-21H,7-18H2,1H3;(H,6,7). The van der Waals surface area contributed by atoms with Crippen LogP contribution in [0, 0.1) is 17.3 Å². The van der Waals surface area contributed by atoms with E-state index in [2.05, 4.69) is 29.0 Å². The molecular formula is C25H35F3N2O4. The number of ether oxygens (including phenoxy) is 1. The van der Waals surface area contributed by atoms with Gasteiger partial charge in [-0.1, -0.05) is 30.3 Å². The first-order chi connectivity index (χ1) is 16.1. The molecule has 0 radical (unpaired) electrons. The number of carbonyl (C=O) groups excluding carboxylic acids is 1. The van der Waals surface area contributed by atoms with Crippen LogP contribution in [-0.4, -0.2) is 79.4 Å². The van der Waals surface area contributed by atoms with E-state index in [1.165, 1.54) is 18.4 Å². The summed E-state index contributed by atoms with van der Waals surface area (Å²) in [5.74, 6) is -0.971. The predicted octanol–water partition coefficient (Wildman–Crippen LogP) is 3.85. The SMILES string of the molecule is CN1CC(COCC2CC2)C2(CCN(C(=O)CCc3ccccc3)CC2)C1.O=C(O)C(F)(F)F. The lowest BCUT2D eigenvalue weighted by Crippen LogP contribution is -2.47. The van der Waals surface area contributed by atoms with Gasteiger partial charge < -0.3 is 19.6 Å². The summed E-state index contributed by atoms with van der Waals surface area (Å²) in [4.78, 5) is 26.1. The van der Waals surface area contributed by atoms with E-state index in [4.69, 9.17) is 14.6 Å². The molecule has 1 amide bonds. The largest absolute Gasteiger partial charge is 0.490 e. The van der Waals surface area contributed by atoms with Crippen LogP contribution in [0.2, 0.25) is 0 Å². The summed E-state index contributed by atoms with van der Waals surface area (Å²) in [6.07, 6.45) is 1.37. The Morgan fingerprint density at radius 2 is 1.74 bits per heavy atom. The second kappa shape index (κ2) is 11.5.